The Bertz CT molecular complexity index is 617. The minimum Gasteiger partial charge on any atom is -0.470 e. The maximum Gasteiger partial charge on any atom is 0.470 e. The standard InChI is InChI=1S/C13H15F3N4O2S/c14-13(15,16)11-19-18-10(22-11)7-20-4-1-2-9(6-20)8-21-12-17-3-5-23-12/h3,5,9H,1-2,4,6-8H2. The van der Waals surface area contributed by atoms with E-state index in [1.165, 1.54) is 11.3 Å². The fourth-order valence-electron chi connectivity index (χ4n) is 2.53. The van der Waals surface area contributed by atoms with E-state index in [4.69, 9.17) is 4.74 Å². The molecule has 0 aromatic carbocycles. The van der Waals surface area contributed by atoms with Gasteiger partial charge in [0.1, 0.15) is 0 Å². The van der Waals surface area contributed by atoms with Crippen molar-refractivity contribution in [1.29, 1.82) is 0 Å². The van der Waals surface area contributed by atoms with Crippen molar-refractivity contribution in [2.75, 3.05) is 19.7 Å². The number of aromatic nitrogens is 3. The lowest BCUT2D eigenvalue weighted by Crippen LogP contribution is -2.37. The van der Waals surface area contributed by atoms with Crippen molar-refractivity contribution in [3.8, 4) is 5.19 Å². The molecule has 1 aliphatic rings. The Morgan fingerprint density at radius 1 is 1.39 bits per heavy atom. The minimum absolute atomic E-state index is 0.0150. The molecule has 3 heterocycles. The second-order valence-corrected chi connectivity index (χ2v) is 6.21. The summed E-state index contributed by atoms with van der Waals surface area (Å²) in [6.07, 6.45) is -0.954. The van der Waals surface area contributed by atoms with Crippen LogP contribution >= 0.6 is 11.3 Å². The molecule has 3 rings (SSSR count). The van der Waals surface area contributed by atoms with Crippen molar-refractivity contribution in [3.63, 3.8) is 0 Å². The van der Waals surface area contributed by atoms with Crippen molar-refractivity contribution in [3.05, 3.63) is 23.4 Å². The molecule has 0 N–H and O–H groups in total. The smallest absolute Gasteiger partial charge is 0.470 e. The summed E-state index contributed by atoms with van der Waals surface area (Å²) in [6, 6.07) is 0. The van der Waals surface area contributed by atoms with Crippen LogP contribution < -0.4 is 4.74 Å². The SMILES string of the molecule is FC(F)(F)c1nnc(CN2CCCC(COc3nccs3)C2)o1. The minimum atomic E-state index is -4.60. The number of alkyl halides is 3. The van der Waals surface area contributed by atoms with Gasteiger partial charge in [-0.25, -0.2) is 4.98 Å². The average Bonchev–Trinajstić information content (AvgIpc) is 3.16. The van der Waals surface area contributed by atoms with Gasteiger partial charge in [0.25, 0.3) is 5.19 Å². The lowest BCUT2D eigenvalue weighted by molar-refractivity contribution is -0.157. The highest BCUT2D eigenvalue weighted by atomic mass is 32.1. The van der Waals surface area contributed by atoms with Gasteiger partial charge in [-0.3, -0.25) is 4.90 Å². The van der Waals surface area contributed by atoms with Gasteiger partial charge in [0.2, 0.25) is 5.89 Å². The highest BCUT2D eigenvalue weighted by Crippen LogP contribution is 2.28. The first kappa shape index (κ1) is 16.2. The number of piperidine rings is 1. The lowest BCUT2D eigenvalue weighted by atomic mass is 9.99. The van der Waals surface area contributed by atoms with E-state index >= 15 is 0 Å². The van der Waals surface area contributed by atoms with Crippen molar-refractivity contribution in [1.82, 2.24) is 20.1 Å². The molecule has 1 aliphatic heterocycles. The van der Waals surface area contributed by atoms with E-state index in [1.54, 1.807) is 6.20 Å². The zero-order valence-corrected chi connectivity index (χ0v) is 12.9. The van der Waals surface area contributed by atoms with Crippen LogP contribution in [-0.4, -0.2) is 39.8 Å². The summed E-state index contributed by atoms with van der Waals surface area (Å²) in [6.45, 7) is 2.27. The van der Waals surface area contributed by atoms with Crippen molar-refractivity contribution in [2.45, 2.75) is 25.6 Å². The van der Waals surface area contributed by atoms with E-state index in [0.29, 0.717) is 17.7 Å². The van der Waals surface area contributed by atoms with Crippen LogP contribution in [-0.2, 0) is 12.7 Å². The van der Waals surface area contributed by atoms with Crippen molar-refractivity contribution >= 4 is 11.3 Å². The Morgan fingerprint density at radius 2 is 2.26 bits per heavy atom. The fraction of sp³-hybridized carbons (Fsp3) is 0.615. The zero-order chi connectivity index (χ0) is 16.3. The Labute approximate surface area is 134 Å². The Kier molecular flexibility index (Phi) is 4.81. The molecule has 1 fully saturated rings. The zero-order valence-electron chi connectivity index (χ0n) is 12.1. The van der Waals surface area contributed by atoms with Crippen LogP contribution in [0.25, 0.3) is 0 Å². The second-order valence-electron chi connectivity index (χ2n) is 5.35. The van der Waals surface area contributed by atoms with Crippen molar-refractivity contribution < 1.29 is 22.3 Å². The predicted molar refractivity (Wildman–Crippen MR) is 74.9 cm³/mol. The van der Waals surface area contributed by atoms with Crippen LogP contribution in [0.1, 0.15) is 24.6 Å². The average molecular weight is 348 g/mol. The van der Waals surface area contributed by atoms with E-state index < -0.39 is 12.1 Å². The molecular formula is C13H15F3N4O2S. The molecule has 1 saturated heterocycles. The lowest BCUT2D eigenvalue weighted by Gasteiger charge is -2.31. The molecule has 1 unspecified atom stereocenters. The summed E-state index contributed by atoms with van der Waals surface area (Å²) < 4.78 is 47.6. The monoisotopic (exact) mass is 348 g/mol. The number of nitrogens with zero attached hydrogens (tertiary/aromatic N) is 4. The predicted octanol–water partition coefficient (Wildman–Crippen LogP) is 2.84. The van der Waals surface area contributed by atoms with Crippen LogP contribution in [0.2, 0.25) is 0 Å². The van der Waals surface area contributed by atoms with Gasteiger partial charge in [0.05, 0.1) is 13.2 Å². The maximum absolute atomic E-state index is 12.4. The molecular weight excluding hydrogens is 333 g/mol. The van der Waals surface area contributed by atoms with Gasteiger partial charge >= 0.3 is 12.1 Å². The van der Waals surface area contributed by atoms with E-state index in [2.05, 4.69) is 19.6 Å². The number of hydrogen-bond acceptors (Lipinski definition) is 7. The number of likely N-dealkylation sites (tertiary alicyclic amines) is 1. The molecule has 6 nitrogen and oxygen atoms in total. The molecule has 0 bridgehead atoms. The molecule has 2 aromatic rings. The van der Waals surface area contributed by atoms with Crippen LogP contribution in [0.4, 0.5) is 13.2 Å². The number of rotatable bonds is 5. The largest absolute Gasteiger partial charge is 0.470 e. The molecule has 0 saturated carbocycles. The summed E-state index contributed by atoms with van der Waals surface area (Å²) in [5.74, 6) is -1.01. The van der Waals surface area contributed by atoms with Crippen molar-refractivity contribution in [2.24, 2.45) is 5.92 Å². The third-order valence-electron chi connectivity index (χ3n) is 3.52. The second kappa shape index (κ2) is 6.83. The van der Waals surface area contributed by atoms with Gasteiger partial charge in [-0.1, -0.05) is 11.3 Å². The third kappa shape index (κ3) is 4.41. The van der Waals surface area contributed by atoms with Gasteiger partial charge < -0.3 is 9.15 Å². The van der Waals surface area contributed by atoms with Crippen LogP contribution in [0.3, 0.4) is 0 Å². The van der Waals surface area contributed by atoms with Gasteiger partial charge in [-0.2, -0.15) is 13.2 Å². The summed E-state index contributed by atoms with van der Waals surface area (Å²) in [5.41, 5.74) is 0. The molecule has 1 atom stereocenters. The highest BCUT2D eigenvalue weighted by Gasteiger charge is 2.38. The fourth-order valence-corrected chi connectivity index (χ4v) is 3.02. The number of thiazole rings is 1. The van der Waals surface area contributed by atoms with Gasteiger partial charge in [-0.05, 0) is 19.4 Å². The quantitative estimate of drug-likeness (QED) is 0.828. The molecule has 126 valence electrons. The van der Waals surface area contributed by atoms with Crippen LogP contribution in [0.15, 0.2) is 16.0 Å². The topological polar surface area (TPSA) is 64.3 Å². The molecule has 0 spiro atoms. The number of ether oxygens (including phenoxy) is 1. The first-order valence-corrected chi connectivity index (χ1v) is 8.03. The molecule has 2 aromatic heterocycles. The van der Waals surface area contributed by atoms with E-state index in [-0.39, 0.29) is 12.4 Å². The Morgan fingerprint density at radius 3 is 2.96 bits per heavy atom. The molecule has 10 heteroatoms. The summed E-state index contributed by atoms with van der Waals surface area (Å²) in [7, 11) is 0. The maximum atomic E-state index is 12.4. The van der Waals surface area contributed by atoms with E-state index in [9.17, 15) is 13.2 Å². The summed E-state index contributed by atoms with van der Waals surface area (Å²) >= 11 is 1.43. The summed E-state index contributed by atoms with van der Waals surface area (Å²) in [5, 5.41) is 8.99. The Hall–Kier alpha value is -1.68. The first-order chi connectivity index (χ1) is 11.0. The van der Waals surface area contributed by atoms with Crippen LogP contribution in [0.5, 0.6) is 5.19 Å². The van der Waals surface area contributed by atoms with Gasteiger partial charge in [-0.15, -0.1) is 10.2 Å². The number of hydrogen-bond donors (Lipinski definition) is 0. The van der Waals surface area contributed by atoms with E-state index in [0.717, 1.165) is 25.9 Å². The molecule has 0 aliphatic carbocycles. The highest BCUT2D eigenvalue weighted by molar-refractivity contribution is 7.11. The summed E-state index contributed by atoms with van der Waals surface area (Å²) in [4.78, 5) is 6.06. The first-order valence-electron chi connectivity index (χ1n) is 7.15. The number of halogens is 3. The molecule has 23 heavy (non-hydrogen) atoms. The molecule has 0 amide bonds. The third-order valence-corrected chi connectivity index (χ3v) is 4.21. The Balaban J connectivity index is 1.51. The van der Waals surface area contributed by atoms with Crippen LogP contribution in [0, 0.1) is 5.92 Å². The molecule has 0 radical (unpaired) electrons. The van der Waals surface area contributed by atoms with E-state index in [1.807, 2.05) is 10.3 Å². The normalized spacial score (nSPS) is 19.9. The van der Waals surface area contributed by atoms with Gasteiger partial charge in [0.15, 0.2) is 0 Å². The van der Waals surface area contributed by atoms with Gasteiger partial charge in [0, 0.05) is 24.0 Å².